The van der Waals surface area contributed by atoms with E-state index in [-0.39, 0.29) is 0 Å². The first kappa shape index (κ1) is 16.3. The molecule has 1 heterocycles. The first-order chi connectivity index (χ1) is 10.3. The first-order valence-electron chi connectivity index (χ1n) is 8.49. The van der Waals surface area contributed by atoms with Gasteiger partial charge in [0.05, 0.1) is 6.61 Å². The van der Waals surface area contributed by atoms with Gasteiger partial charge >= 0.3 is 0 Å². The van der Waals surface area contributed by atoms with Crippen LogP contribution in [0.1, 0.15) is 50.8 Å². The predicted octanol–water partition coefficient (Wildman–Crippen LogP) is 3.39. The molecule has 1 aromatic rings. The average Bonchev–Trinajstić information content (AvgIpc) is 2.54. The van der Waals surface area contributed by atoms with E-state index in [0.29, 0.717) is 6.04 Å². The number of rotatable bonds is 8. The van der Waals surface area contributed by atoms with Gasteiger partial charge in [0, 0.05) is 18.0 Å². The van der Waals surface area contributed by atoms with Crippen molar-refractivity contribution in [3.8, 4) is 5.75 Å². The van der Waals surface area contributed by atoms with Crippen molar-refractivity contribution in [3.63, 3.8) is 0 Å². The standard InChI is InChI=1S/C18H30N2O/c1-4-15-8-9-18-16(14-15)17(10-13-21-18)19-11-7-12-20(5-2)6-3/h8-9,14,17,19H,4-7,10-13H2,1-3H3. The number of aryl methyl sites for hydroxylation is 1. The Balaban J connectivity index is 1.88. The largest absolute Gasteiger partial charge is 0.493 e. The summed E-state index contributed by atoms with van der Waals surface area (Å²) in [6.45, 7) is 12.1. The van der Waals surface area contributed by atoms with E-state index in [4.69, 9.17) is 4.74 Å². The molecule has 0 saturated heterocycles. The molecule has 118 valence electrons. The van der Waals surface area contributed by atoms with Gasteiger partial charge in [-0.05, 0) is 50.7 Å². The van der Waals surface area contributed by atoms with Crippen LogP contribution < -0.4 is 10.1 Å². The molecule has 1 atom stereocenters. The van der Waals surface area contributed by atoms with Gasteiger partial charge in [0.25, 0.3) is 0 Å². The number of nitrogens with zero attached hydrogens (tertiary/aromatic N) is 1. The van der Waals surface area contributed by atoms with E-state index < -0.39 is 0 Å². The molecule has 0 fully saturated rings. The first-order valence-corrected chi connectivity index (χ1v) is 8.49. The van der Waals surface area contributed by atoms with Crippen molar-refractivity contribution >= 4 is 0 Å². The number of ether oxygens (including phenoxy) is 1. The van der Waals surface area contributed by atoms with Gasteiger partial charge in [-0.25, -0.2) is 0 Å². The normalized spacial score (nSPS) is 17.6. The van der Waals surface area contributed by atoms with E-state index >= 15 is 0 Å². The maximum Gasteiger partial charge on any atom is 0.124 e. The van der Waals surface area contributed by atoms with Crippen LogP contribution in [0.5, 0.6) is 5.75 Å². The minimum Gasteiger partial charge on any atom is -0.493 e. The molecule has 1 N–H and O–H groups in total. The van der Waals surface area contributed by atoms with Crippen LogP contribution in [-0.4, -0.2) is 37.7 Å². The van der Waals surface area contributed by atoms with Crippen molar-refractivity contribution in [2.24, 2.45) is 0 Å². The molecular formula is C18H30N2O. The predicted molar refractivity (Wildman–Crippen MR) is 89.1 cm³/mol. The van der Waals surface area contributed by atoms with E-state index in [1.165, 1.54) is 24.1 Å². The summed E-state index contributed by atoms with van der Waals surface area (Å²) < 4.78 is 5.78. The van der Waals surface area contributed by atoms with Crippen molar-refractivity contribution in [1.29, 1.82) is 0 Å². The SMILES string of the molecule is CCc1ccc2c(c1)C(NCCCN(CC)CC)CCO2. The van der Waals surface area contributed by atoms with Gasteiger partial charge in [-0.15, -0.1) is 0 Å². The fraction of sp³-hybridized carbons (Fsp3) is 0.667. The van der Waals surface area contributed by atoms with Crippen molar-refractivity contribution < 1.29 is 4.74 Å². The Morgan fingerprint density at radius 2 is 2.05 bits per heavy atom. The lowest BCUT2D eigenvalue weighted by molar-refractivity contribution is 0.248. The zero-order valence-electron chi connectivity index (χ0n) is 13.8. The van der Waals surface area contributed by atoms with Gasteiger partial charge in [-0.3, -0.25) is 0 Å². The van der Waals surface area contributed by atoms with Crippen molar-refractivity contribution in [2.45, 2.75) is 46.1 Å². The van der Waals surface area contributed by atoms with Crippen molar-refractivity contribution in [2.75, 3.05) is 32.8 Å². The summed E-state index contributed by atoms with van der Waals surface area (Å²) >= 11 is 0. The summed E-state index contributed by atoms with van der Waals surface area (Å²) in [5, 5.41) is 3.73. The van der Waals surface area contributed by atoms with E-state index in [1.807, 2.05) is 0 Å². The number of nitrogens with one attached hydrogen (secondary N) is 1. The molecule has 0 aromatic heterocycles. The molecule has 2 rings (SSSR count). The van der Waals surface area contributed by atoms with Crippen LogP contribution in [0.2, 0.25) is 0 Å². The van der Waals surface area contributed by atoms with Gasteiger partial charge in [-0.2, -0.15) is 0 Å². The minimum atomic E-state index is 0.456. The lowest BCUT2D eigenvalue weighted by atomic mass is 9.97. The third-order valence-electron chi connectivity index (χ3n) is 4.46. The van der Waals surface area contributed by atoms with E-state index in [1.54, 1.807) is 0 Å². The van der Waals surface area contributed by atoms with Gasteiger partial charge < -0.3 is 15.0 Å². The molecule has 1 aliphatic heterocycles. The highest BCUT2D eigenvalue weighted by Gasteiger charge is 2.21. The van der Waals surface area contributed by atoms with E-state index in [9.17, 15) is 0 Å². The van der Waals surface area contributed by atoms with Crippen LogP contribution in [0.4, 0.5) is 0 Å². The van der Waals surface area contributed by atoms with Crippen LogP contribution in [0.15, 0.2) is 18.2 Å². The maximum atomic E-state index is 5.78. The van der Waals surface area contributed by atoms with Crippen LogP contribution in [0.3, 0.4) is 0 Å². The van der Waals surface area contributed by atoms with Crippen LogP contribution in [0.25, 0.3) is 0 Å². The Kier molecular flexibility index (Phi) is 6.52. The maximum absolute atomic E-state index is 5.78. The quantitative estimate of drug-likeness (QED) is 0.743. The minimum absolute atomic E-state index is 0.456. The lowest BCUT2D eigenvalue weighted by Crippen LogP contribution is -2.31. The number of benzene rings is 1. The molecule has 0 spiro atoms. The van der Waals surface area contributed by atoms with Gasteiger partial charge in [0.1, 0.15) is 5.75 Å². The number of hydrogen-bond donors (Lipinski definition) is 1. The Morgan fingerprint density at radius 1 is 1.24 bits per heavy atom. The Morgan fingerprint density at radius 3 is 2.76 bits per heavy atom. The van der Waals surface area contributed by atoms with Crippen LogP contribution in [-0.2, 0) is 6.42 Å². The fourth-order valence-electron chi connectivity index (χ4n) is 2.99. The topological polar surface area (TPSA) is 24.5 Å². The zero-order valence-corrected chi connectivity index (χ0v) is 13.8. The highest BCUT2D eigenvalue weighted by Crippen LogP contribution is 2.32. The molecule has 1 unspecified atom stereocenters. The second-order valence-electron chi connectivity index (χ2n) is 5.75. The molecular weight excluding hydrogens is 260 g/mol. The average molecular weight is 290 g/mol. The van der Waals surface area contributed by atoms with Gasteiger partial charge in [0.15, 0.2) is 0 Å². The zero-order chi connectivity index (χ0) is 15.1. The highest BCUT2D eigenvalue weighted by molar-refractivity contribution is 5.40. The van der Waals surface area contributed by atoms with Crippen LogP contribution >= 0.6 is 0 Å². The van der Waals surface area contributed by atoms with E-state index in [2.05, 4.69) is 49.2 Å². The molecule has 21 heavy (non-hydrogen) atoms. The molecule has 0 radical (unpaired) electrons. The van der Waals surface area contributed by atoms with Crippen LogP contribution in [0, 0.1) is 0 Å². The Labute approximate surface area is 129 Å². The fourth-order valence-corrected chi connectivity index (χ4v) is 2.99. The summed E-state index contributed by atoms with van der Waals surface area (Å²) in [5.41, 5.74) is 2.75. The second kappa shape index (κ2) is 8.40. The number of hydrogen-bond acceptors (Lipinski definition) is 3. The third-order valence-corrected chi connectivity index (χ3v) is 4.46. The summed E-state index contributed by atoms with van der Waals surface area (Å²) in [6.07, 6.45) is 3.37. The second-order valence-corrected chi connectivity index (χ2v) is 5.75. The lowest BCUT2D eigenvalue weighted by Gasteiger charge is -2.28. The Hall–Kier alpha value is -1.06. The molecule has 1 aromatic carbocycles. The molecule has 0 amide bonds. The molecule has 0 bridgehead atoms. The van der Waals surface area contributed by atoms with E-state index in [0.717, 1.165) is 44.8 Å². The summed E-state index contributed by atoms with van der Waals surface area (Å²) in [5.74, 6) is 1.07. The summed E-state index contributed by atoms with van der Waals surface area (Å²) in [7, 11) is 0. The van der Waals surface area contributed by atoms with Gasteiger partial charge in [0.2, 0.25) is 0 Å². The smallest absolute Gasteiger partial charge is 0.124 e. The Bertz CT molecular complexity index is 429. The highest BCUT2D eigenvalue weighted by atomic mass is 16.5. The molecule has 0 aliphatic carbocycles. The van der Waals surface area contributed by atoms with Gasteiger partial charge in [-0.1, -0.05) is 32.9 Å². The van der Waals surface area contributed by atoms with Crippen molar-refractivity contribution in [3.05, 3.63) is 29.3 Å². The molecule has 0 saturated carbocycles. The summed E-state index contributed by atoms with van der Waals surface area (Å²) in [6, 6.07) is 7.09. The molecule has 3 nitrogen and oxygen atoms in total. The third kappa shape index (κ3) is 4.45. The number of fused-ring (bicyclic) bond motifs is 1. The molecule has 3 heteroatoms. The monoisotopic (exact) mass is 290 g/mol. The summed E-state index contributed by atoms with van der Waals surface area (Å²) in [4.78, 5) is 2.48. The molecule has 1 aliphatic rings. The van der Waals surface area contributed by atoms with Crippen molar-refractivity contribution in [1.82, 2.24) is 10.2 Å².